The molecule has 1 aliphatic heterocycles. The molecule has 0 radical (unpaired) electrons. The summed E-state index contributed by atoms with van der Waals surface area (Å²) in [5, 5.41) is 0. The van der Waals surface area contributed by atoms with Gasteiger partial charge in [-0.25, -0.2) is 4.79 Å². The van der Waals surface area contributed by atoms with Crippen LogP contribution in [0, 0.1) is 5.92 Å². The minimum absolute atomic E-state index is 0.266. The van der Waals surface area contributed by atoms with E-state index in [1.807, 2.05) is 60.7 Å². The highest BCUT2D eigenvalue weighted by molar-refractivity contribution is 5.84. The molecule has 0 spiro atoms. The number of ether oxygens (including phenoxy) is 2. The summed E-state index contributed by atoms with van der Waals surface area (Å²) in [6.45, 7) is 6.67. The molecule has 5 nitrogen and oxygen atoms in total. The highest BCUT2D eigenvalue weighted by atomic mass is 16.6. The second kappa shape index (κ2) is 11.1. The van der Waals surface area contributed by atoms with Crippen LogP contribution in [0.3, 0.4) is 0 Å². The molecule has 0 aromatic heterocycles. The number of hydrogen-bond donors (Lipinski definition) is 0. The molecule has 3 rings (SSSR count). The highest BCUT2D eigenvalue weighted by Gasteiger charge is 2.44. The zero-order valence-electron chi connectivity index (χ0n) is 18.6. The lowest BCUT2D eigenvalue weighted by atomic mass is 9.87. The predicted molar refractivity (Wildman–Crippen MR) is 121 cm³/mol. The van der Waals surface area contributed by atoms with Crippen molar-refractivity contribution in [1.29, 1.82) is 0 Å². The fraction of sp³-hybridized carbons (Fsp3) is 0.462. The molecule has 1 saturated heterocycles. The molecule has 0 saturated carbocycles. The van der Waals surface area contributed by atoms with Crippen molar-refractivity contribution in [2.45, 2.75) is 45.1 Å². The Balaban J connectivity index is 1.76. The lowest BCUT2D eigenvalue weighted by molar-refractivity contribution is -0.182. The van der Waals surface area contributed by atoms with Gasteiger partial charge < -0.3 is 9.47 Å². The Morgan fingerprint density at radius 3 is 1.94 bits per heavy atom. The standard InChI is InChI=1S/C26H33NO4/c1-21-13-15-27(16-14-21)17-18-30-25(29)26(31-22(2)28,19-23-9-5-3-6-10-23)20-24-11-7-4-8-12-24/h3-12,21H,13-20H2,1-2H3. The van der Waals surface area contributed by atoms with Crippen molar-refractivity contribution < 1.29 is 19.1 Å². The number of esters is 2. The molecule has 31 heavy (non-hydrogen) atoms. The first kappa shape index (κ1) is 23.0. The fourth-order valence-corrected chi connectivity index (χ4v) is 4.13. The number of piperidine rings is 1. The molecule has 0 atom stereocenters. The number of carbonyl (C=O) groups is 2. The second-order valence-corrected chi connectivity index (χ2v) is 8.57. The minimum atomic E-state index is -1.40. The maximum atomic E-state index is 13.4. The summed E-state index contributed by atoms with van der Waals surface area (Å²) in [6.07, 6.45) is 2.88. The summed E-state index contributed by atoms with van der Waals surface area (Å²) < 4.78 is 11.5. The number of carbonyl (C=O) groups excluding carboxylic acids is 2. The van der Waals surface area contributed by atoms with E-state index in [0.717, 1.165) is 30.1 Å². The van der Waals surface area contributed by atoms with Gasteiger partial charge in [0.05, 0.1) is 0 Å². The minimum Gasteiger partial charge on any atom is -0.461 e. The molecule has 1 heterocycles. The second-order valence-electron chi connectivity index (χ2n) is 8.57. The van der Waals surface area contributed by atoms with Gasteiger partial charge in [0.25, 0.3) is 0 Å². The van der Waals surface area contributed by atoms with E-state index in [4.69, 9.17) is 9.47 Å². The van der Waals surface area contributed by atoms with E-state index >= 15 is 0 Å². The van der Waals surface area contributed by atoms with Crippen molar-refractivity contribution in [2.75, 3.05) is 26.2 Å². The van der Waals surface area contributed by atoms with Crippen LogP contribution in [0.5, 0.6) is 0 Å². The van der Waals surface area contributed by atoms with Gasteiger partial charge in [-0.05, 0) is 43.0 Å². The van der Waals surface area contributed by atoms with E-state index in [1.54, 1.807) is 0 Å². The number of rotatable bonds is 9. The molecular weight excluding hydrogens is 390 g/mol. The van der Waals surface area contributed by atoms with Crippen LogP contribution in [-0.4, -0.2) is 48.7 Å². The summed E-state index contributed by atoms with van der Waals surface area (Å²) in [4.78, 5) is 27.8. The maximum absolute atomic E-state index is 13.4. The summed E-state index contributed by atoms with van der Waals surface area (Å²) >= 11 is 0. The van der Waals surface area contributed by atoms with Crippen LogP contribution in [0.2, 0.25) is 0 Å². The number of hydrogen-bond acceptors (Lipinski definition) is 5. The van der Waals surface area contributed by atoms with Crippen LogP contribution in [0.25, 0.3) is 0 Å². The SMILES string of the molecule is CC(=O)OC(Cc1ccccc1)(Cc1ccccc1)C(=O)OCCN1CCC(C)CC1. The third kappa shape index (κ3) is 6.93. The van der Waals surface area contributed by atoms with Crippen LogP contribution in [-0.2, 0) is 31.9 Å². The Kier molecular flexibility index (Phi) is 8.24. The van der Waals surface area contributed by atoms with Crippen LogP contribution >= 0.6 is 0 Å². The van der Waals surface area contributed by atoms with Gasteiger partial charge >= 0.3 is 11.9 Å². The van der Waals surface area contributed by atoms with E-state index in [2.05, 4.69) is 11.8 Å². The highest BCUT2D eigenvalue weighted by Crippen LogP contribution is 2.26. The molecule has 0 bridgehead atoms. The molecule has 1 aliphatic rings. The van der Waals surface area contributed by atoms with Crippen molar-refractivity contribution >= 4 is 11.9 Å². The molecule has 0 aliphatic carbocycles. The van der Waals surface area contributed by atoms with Gasteiger partial charge in [0.15, 0.2) is 0 Å². The van der Waals surface area contributed by atoms with Gasteiger partial charge in [0.2, 0.25) is 5.60 Å². The van der Waals surface area contributed by atoms with Crippen molar-refractivity contribution in [3.05, 3.63) is 71.8 Å². The lowest BCUT2D eigenvalue weighted by Gasteiger charge is -2.33. The predicted octanol–water partition coefficient (Wildman–Crippen LogP) is 4.05. The Labute approximate surface area is 185 Å². The molecule has 1 fully saturated rings. The normalized spacial score (nSPS) is 15.4. The average Bonchev–Trinajstić information content (AvgIpc) is 2.76. The van der Waals surface area contributed by atoms with Crippen molar-refractivity contribution in [3.8, 4) is 0 Å². The fourth-order valence-electron chi connectivity index (χ4n) is 4.13. The van der Waals surface area contributed by atoms with E-state index < -0.39 is 17.5 Å². The molecular formula is C26H33NO4. The largest absolute Gasteiger partial charge is 0.461 e. The van der Waals surface area contributed by atoms with Crippen LogP contribution in [0.4, 0.5) is 0 Å². The topological polar surface area (TPSA) is 55.8 Å². The van der Waals surface area contributed by atoms with Gasteiger partial charge in [-0.15, -0.1) is 0 Å². The molecule has 5 heteroatoms. The molecule has 2 aromatic carbocycles. The molecule has 166 valence electrons. The number of nitrogens with zero attached hydrogens (tertiary/aromatic N) is 1. The first-order valence-electron chi connectivity index (χ1n) is 11.1. The average molecular weight is 424 g/mol. The number of benzene rings is 2. The Morgan fingerprint density at radius 2 is 1.45 bits per heavy atom. The molecule has 0 N–H and O–H groups in total. The maximum Gasteiger partial charge on any atom is 0.351 e. The van der Waals surface area contributed by atoms with Crippen molar-refractivity contribution in [1.82, 2.24) is 4.90 Å². The van der Waals surface area contributed by atoms with Gasteiger partial charge in [-0.3, -0.25) is 9.69 Å². The Morgan fingerprint density at radius 1 is 0.935 bits per heavy atom. The van der Waals surface area contributed by atoms with Crippen molar-refractivity contribution in [3.63, 3.8) is 0 Å². The van der Waals surface area contributed by atoms with Crippen LogP contribution < -0.4 is 0 Å². The molecule has 0 unspecified atom stereocenters. The van der Waals surface area contributed by atoms with Gasteiger partial charge in [0.1, 0.15) is 6.61 Å². The van der Waals surface area contributed by atoms with E-state index in [-0.39, 0.29) is 12.8 Å². The van der Waals surface area contributed by atoms with Crippen LogP contribution in [0.1, 0.15) is 37.8 Å². The third-order valence-corrected chi connectivity index (χ3v) is 5.89. The summed E-state index contributed by atoms with van der Waals surface area (Å²) in [5.74, 6) is -0.221. The third-order valence-electron chi connectivity index (χ3n) is 5.89. The zero-order valence-corrected chi connectivity index (χ0v) is 18.6. The molecule has 0 amide bonds. The molecule has 2 aromatic rings. The van der Waals surface area contributed by atoms with Crippen LogP contribution in [0.15, 0.2) is 60.7 Å². The lowest BCUT2D eigenvalue weighted by Crippen LogP contribution is -2.49. The van der Waals surface area contributed by atoms with Gasteiger partial charge in [0, 0.05) is 26.3 Å². The summed E-state index contributed by atoms with van der Waals surface area (Å²) in [6, 6.07) is 19.3. The smallest absolute Gasteiger partial charge is 0.351 e. The van der Waals surface area contributed by atoms with E-state index in [9.17, 15) is 9.59 Å². The number of likely N-dealkylation sites (tertiary alicyclic amines) is 1. The van der Waals surface area contributed by atoms with E-state index in [1.165, 1.54) is 19.8 Å². The van der Waals surface area contributed by atoms with Crippen molar-refractivity contribution in [2.24, 2.45) is 5.92 Å². The van der Waals surface area contributed by atoms with Gasteiger partial charge in [-0.1, -0.05) is 67.6 Å². The monoisotopic (exact) mass is 423 g/mol. The first-order chi connectivity index (χ1) is 15.0. The summed E-state index contributed by atoms with van der Waals surface area (Å²) in [5.41, 5.74) is 0.439. The first-order valence-corrected chi connectivity index (χ1v) is 11.1. The Bertz CT molecular complexity index is 788. The summed E-state index contributed by atoms with van der Waals surface area (Å²) in [7, 11) is 0. The Hall–Kier alpha value is -2.66. The quantitative estimate of drug-likeness (QED) is 0.570. The van der Waals surface area contributed by atoms with E-state index in [0.29, 0.717) is 13.2 Å². The van der Waals surface area contributed by atoms with Gasteiger partial charge in [-0.2, -0.15) is 0 Å². The zero-order chi connectivity index (χ0) is 22.1.